The van der Waals surface area contributed by atoms with E-state index in [4.69, 9.17) is 0 Å². The van der Waals surface area contributed by atoms with Gasteiger partial charge in [0.05, 0.1) is 15.5 Å². The minimum Gasteiger partial charge on any atom is -0.339 e. The summed E-state index contributed by atoms with van der Waals surface area (Å²) in [5.74, 6) is 0. The maximum absolute atomic E-state index is 12.8. The largest absolute Gasteiger partial charge is 0.339 e. The molecule has 0 atom stereocenters. The summed E-state index contributed by atoms with van der Waals surface area (Å²) in [6.07, 6.45) is 1.65. The van der Waals surface area contributed by atoms with Crippen molar-refractivity contribution in [2.75, 3.05) is 31.9 Å². The summed E-state index contributed by atoms with van der Waals surface area (Å²) >= 11 is 0.909. The molecule has 3 rings (SSSR count). The molecule has 8 nitrogen and oxygen atoms in total. The van der Waals surface area contributed by atoms with Gasteiger partial charge in [-0.2, -0.15) is 4.31 Å². The summed E-state index contributed by atoms with van der Waals surface area (Å²) in [6, 6.07) is 11.7. The number of sulfonamides is 2. The molecule has 1 heterocycles. The average molecular weight is 470 g/mol. The highest BCUT2D eigenvalue weighted by Gasteiger charge is 2.27. The number of nitrogens with one attached hydrogen (secondary N) is 1. The highest BCUT2D eigenvalue weighted by atomic mass is 32.2. The molecule has 0 bridgehead atoms. The van der Waals surface area contributed by atoms with Crippen molar-refractivity contribution in [1.82, 2.24) is 9.21 Å². The Hall–Kier alpha value is -2.08. The molecule has 11 heteroatoms. The fourth-order valence-electron chi connectivity index (χ4n) is 2.90. The van der Waals surface area contributed by atoms with Crippen molar-refractivity contribution in [2.45, 2.75) is 27.5 Å². The van der Waals surface area contributed by atoms with Gasteiger partial charge >= 0.3 is 0 Å². The lowest BCUT2D eigenvalue weighted by Crippen LogP contribution is -2.27. The number of para-hydroxylation sites is 1. The van der Waals surface area contributed by atoms with Gasteiger partial charge < -0.3 is 4.90 Å². The first-order valence-electron chi connectivity index (χ1n) is 9.22. The Morgan fingerprint density at radius 2 is 1.50 bits per heavy atom. The number of carbonyl (C=O) groups excluding carboxylic acids is 1. The van der Waals surface area contributed by atoms with Gasteiger partial charge in [0.25, 0.3) is 15.3 Å². The molecule has 0 radical (unpaired) electrons. The normalized spacial score (nSPS) is 15.1. The molecule has 1 aliphatic rings. The summed E-state index contributed by atoms with van der Waals surface area (Å²) in [6.45, 7) is 0.952. The van der Waals surface area contributed by atoms with Gasteiger partial charge in [0, 0.05) is 32.1 Å². The van der Waals surface area contributed by atoms with Crippen molar-refractivity contribution in [3.63, 3.8) is 0 Å². The summed E-state index contributed by atoms with van der Waals surface area (Å²) in [5, 5.41) is -0.238. The van der Waals surface area contributed by atoms with Gasteiger partial charge in [-0.1, -0.05) is 12.1 Å². The Labute approximate surface area is 181 Å². The molecule has 2 aromatic carbocycles. The van der Waals surface area contributed by atoms with Gasteiger partial charge in [-0.05, 0) is 61.0 Å². The Bertz CT molecular complexity index is 1120. The Balaban J connectivity index is 1.82. The first-order valence-corrected chi connectivity index (χ1v) is 13.0. The van der Waals surface area contributed by atoms with E-state index in [2.05, 4.69) is 4.72 Å². The second kappa shape index (κ2) is 8.96. The zero-order valence-corrected chi connectivity index (χ0v) is 19.1. The third-order valence-corrected chi connectivity index (χ3v) is 8.94. The number of carbonyl (C=O) groups is 1. The van der Waals surface area contributed by atoms with E-state index < -0.39 is 20.0 Å². The van der Waals surface area contributed by atoms with Crippen LogP contribution in [0, 0.1) is 0 Å². The lowest BCUT2D eigenvalue weighted by molar-refractivity contribution is 0.241. The van der Waals surface area contributed by atoms with E-state index in [0.717, 1.165) is 24.6 Å². The fourth-order valence-corrected chi connectivity index (χ4v) is 6.31. The SMILES string of the molecule is CN(C)C(=O)Sc1ccccc1NS(=O)(=O)c1ccc(S(=O)(=O)N2CCCC2)cc1. The van der Waals surface area contributed by atoms with Crippen LogP contribution in [0.15, 0.2) is 63.2 Å². The molecule has 0 saturated carbocycles. The van der Waals surface area contributed by atoms with E-state index >= 15 is 0 Å². The van der Waals surface area contributed by atoms with Crippen LogP contribution in [0.2, 0.25) is 0 Å². The third kappa shape index (κ3) is 4.97. The number of thioether (sulfide) groups is 1. The number of nitrogens with zero attached hydrogens (tertiary/aromatic N) is 2. The summed E-state index contributed by atoms with van der Waals surface area (Å²) in [4.78, 5) is 13.9. The van der Waals surface area contributed by atoms with Crippen molar-refractivity contribution < 1.29 is 21.6 Å². The Morgan fingerprint density at radius 1 is 0.933 bits per heavy atom. The van der Waals surface area contributed by atoms with Crippen LogP contribution in [0.5, 0.6) is 0 Å². The minimum absolute atomic E-state index is 0.0656. The van der Waals surface area contributed by atoms with Crippen LogP contribution in [0.3, 0.4) is 0 Å². The number of benzene rings is 2. The molecule has 1 aliphatic heterocycles. The molecule has 1 N–H and O–H groups in total. The van der Waals surface area contributed by atoms with Crippen LogP contribution < -0.4 is 4.72 Å². The van der Waals surface area contributed by atoms with Gasteiger partial charge in [0.15, 0.2) is 0 Å². The van der Waals surface area contributed by atoms with Crippen molar-refractivity contribution in [2.24, 2.45) is 0 Å². The second-order valence-electron chi connectivity index (χ2n) is 6.95. The average Bonchev–Trinajstić information content (AvgIpc) is 3.25. The third-order valence-electron chi connectivity index (χ3n) is 4.53. The monoisotopic (exact) mass is 469 g/mol. The topological polar surface area (TPSA) is 104 Å². The minimum atomic E-state index is -3.97. The molecular weight excluding hydrogens is 446 g/mol. The molecule has 0 unspecified atom stereocenters. The van der Waals surface area contributed by atoms with E-state index in [0.29, 0.717) is 18.0 Å². The zero-order valence-electron chi connectivity index (χ0n) is 16.6. The molecule has 162 valence electrons. The predicted octanol–water partition coefficient (Wildman–Crippen LogP) is 3.05. The van der Waals surface area contributed by atoms with Crippen LogP contribution in [0.4, 0.5) is 10.5 Å². The molecule has 0 aliphatic carbocycles. The summed E-state index contributed by atoms with van der Waals surface area (Å²) < 4.78 is 54.7. The zero-order chi connectivity index (χ0) is 21.9. The molecule has 1 amide bonds. The van der Waals surface area contributed by atoms with Crippen LogP contribution in [-0.2, 0) is 20.0 Å². The fraction of sp³-hybridized carbons (Fsp3) is 0.316. The Morgan fingerprint density at radius 3 is 2.10 bits per heavy atom. The van der Waals surface area contributed by atoms with Crippen LogP contribution in [-0.4, -0.2) is 58.5 Å². The highest BCUT2D eigenvalue weighted by Crippen LogP contribution is 2.30. The maximum Gasteiger partial charge on any atom is 0.286 e. The van der Waals surface area contributed by atoms with Crippen LogP contribution in [0.1, 0.15) is 12.8 Å². The van der Waals surface area contributed by atoms with Crippen molar-refractivity contribution in [3.8, 4) is 0 Å². The van der Waals surface area contributed by atoms with E-state index in [1.807, 2.05) is 0 Å². The van der Waals surface area contributed by atoms with Crippen molar-refractivity contribution in [3.05, 3.63) is 48.5 Å². The highest BCUT2D eigenvalue weighted by molar-refractivity contribution is 8.13. The number of amides is 1. The smallest absolute Gasteiger partial charge is 0.286 e. The number of anilines is 1. The summed E-state index contributed by atoms with van der Waals surface area (Å²) in [7, 11) is -4.36. The lowest BCUT2D eigenvalue weighted by atomic mass is 10.3. The first-order chi connectivity index (χ1) is 14.1. The van der Waals surface area contributed by atoms with Crippen LogP contribution in [0.25, 0.3) is 0 Å². The number of hydrogen-bond acceptors (Lipinski definition) is 6. The number of hydrogen-bond donors (Lipinski definition) is 1. The molecule has 1 fully saturated rings. The van der Waals surface area contributed by atoms with Gasteiger partial charge in [-0.15, -0.1) is 0 Å². The quantitative estimate of drug-likeness (QED) is 0.652. The van der Waals surface area contributed by atoms with E-state index in [1.54, 1.807) is 38.4 Å². The maximum atomic E-state index is 12.8. The van der Waals surface area contributed by atoms with E-state index in [9.17, 15) is 21.6 Å². The van der Waals surface area contributed by atoms with E-state index in [-0.39, 0.29) is 20.7 Å². The van der Waals surface area contributed by atoms with Gasteiger partial charge in [0.1, 0.15) is 0 Å². The predicted molar refractivity (Wildman–Crippen MR) is 117 cm³/mol. The standard InChI is InChI=1S/C19H23N3O5S3/c1-21(2)19(23)28-18-8-4-3-7-17(18)20-29(24,25)15-9-11-16(12-10-15)30(26,27)22-13-5-6-14-22/h3-4,7-12,20H,5-6,13-14H2,1-2H3. The summed E-state index contributed by atoms with van der Waals surface area (Å²) in [5.41, 5.74) is 0.270. The van der Waals surface area contributed by atoms with Gasteiger partial charge in [-0.25, -0.2) is 16.8 Å². The van der Waals surface area contributed by atoms with Crippen molar-refractivity contribution >= 4 is 42.7 Å². The van der Waals surface area contributed by atoms with Crippen molar-refractivity contribution in [1.29, 1.82) is 0 Å². The molecule has 1 saturated heterocycles. The molecule has 2 aromatic rings. The number of rotatable bonds is 6. The molecular formula is C19H23N3O5S3. The second-order valence-corrected chi connectivity index (χ2v) is 11.6. The first kappa shape index (κ1) is 22.6. The van der Waals surface area contributed by atoms with Gasteiger partial charge in [-0.3, -0.25) is 9.52 Å². The molecule has 30 heavy (non-hydrogen) atoms. The van der Waals surface area contributed by atoms with Crippen LogP contribution >= 0.6 is 11.8 Å². The lowest BCUT2D eigenvalue weighted by Gasteiger charge is -2.16. The molecule has 0 spiro atoms. The van der Waals surface area contributed by atoms with E-state index in [1.165, 1.54) is 33.5 Å². The molecule has 0 aromatic heterocycles. The Kier molecular flexibility index (Phi) is 6.75. The van der Waals surface area contributed by atoms with Gasteiger partial charge in [0.2, 0.25) is 10.0 Å².